The first-order valence-corrected chi connectivity index (χ1v) is 9.43. The quantitative estimate of drug-likeness (QED) is 0.572. The molecule has 2 atom stereocenters. The first-order chi connectivity index (χ1) is 13.1. The molecular formula is C18H27N5O4. The van der Waals surface area contributed by atoms with E-state index in [1.807, 2.05) is 0 Å². The van der Waals surface area contributed by atoms with Gasteiger partial charge in [0.15, 0.2) is 0 Å². The molecule has 2 heterocycles. The van der Waals surface area contributed by atoms with Gasteiger partial charge in [0.05, 0.1) is 24.3 Å². The SMILES string of the molecule is CNc1ncc(C(=O)NC2CCC(C(=O)N[C@@H]3COCC[C@@H]3O)CC2)cn1. The van der Waals surface area contributed by atoms with Gasteiger partial charge in [-0.1, -0.05) is 0 Å². The minimum Gasteiger partial charge on any atom is -0.391 e. The van der Waals surface area contributed by atoms with Crippen molar-refractivity contribution in [2.75, 3.05) is 25.6 Å². The highest BCUT2D eigenvalue weighted by molar-refractivity contribution is 5.93. The molecule has 0 unspecified atom stereocenters. The van der Waals surface area contributed by atoms with Gasteiger partial charge in [-0.25, -0.2) is 9.97 Å². The van der Waals surface area contributed by atoms with Gasteiger partial charge in [-0.3, -0.25) is 9.59 Å². The molecule has 1 saturated heterocycles. The molecule has 1 aliphatic heterocycles. The Kier molecular flexibility index (Phi) is 6.57. The number of anilines is 1. The standard InChI is InChI=1S/C18H27N5O4/c1-19-18-20-8-12(9-21-18)17(26)22-13-4-2-11(3-5-13)16(25)23-14-10-27-7-6-15(14)24/h8-9,11,13-15,24H,2-7,10H2,1H3,(H,22,26)(H,23,25)(H,19,20,21)/t11?,13?,14-,15+/m1/s1. The van der Waals surface area contributed by atoms with Crippen LogP contribution in [0.15, 0.2) is 12.4 Å². The van der Waals surface area contributed by atoms with Gasteiger partial charge < -0.3 is 25.8 Å². The van der Waals surface area contributed by atoms with Gasteiger partial charge in [0.1, 0.15) is 0 Å². The minimum atomic E-state index is -0.546. The highest BCUT2D eigenvalue weighted by Gasteiger charge is 2.31. The second kappa shape index (κ2) is 9.09. The summed E-state index contributed by atoms with van der Waals surface area (Å²) in [5.74, 6) is 0.135. The maximum absolute atomic E-state index is 12.4. The van der Waals surface area contributed by atoms with Crippen molar-refractivity contribution >= 4 is 17.8 Å². The van der Waals surface area contributed by atoms with Crippen molar-refractivity contribution < 1.29 is 19.4 Å². The van der Waals surface area contributed by atoms with Crippen molar-refractivity contribution in [1.29, 1.82) is 0 Å². The summed E-state index contributed by atoms with van der Waals surface area (Å²) in [7, 11) is 1.71. The van der Waals surface area contributed by atoms with Crippen molar-refractivity contribution in [1.82, 2.24) is 20.6 Å². The van der Waals surface area contributed by atoms with Crippen LogP contribution in [0.2, 0.25) is 0 Å². The van der Waals surface area contributed by atoms with Gasteiger partial charge in [0, 0.05) is 38.0 Å². The monoisotopic (exact) mass is 377 g/mol. The summed E-state index contributed by atoms with van der Waals surface area (Å²) in [5, 5.41) is 18.6. The molecule has 0 spiro atoms. The summed E-state index contributed by atoms with van der Waals surface area (Å²) in [4.78, 5) is 32.8. The van der Waals surface area contributed by atoms with Crippen LogP contribution in [0, 0.1) is 5.92 Å². The smallest absolute Gasteiger partial charge is 0.254 e. The van der Waals surface area contributed by atoms with E-state index in [9.17, 15) is 14.7 Å². The Morgan fingerprint density at radius 2 is 1.81 bits per heavy atom. The summed E-state index contributed by atoms with van der Waals surface area (Å²) in [6.45, 7) is 0.883. The lowest BCUT2D eigenvalue weighted by molar-refractivity contribution is -0.129. The molecule has 2 aliphatic rings. The van der Waals surface area contributed by atoms with Crippen molar-refractivity contribution in [3.8, 4) is 0 Å². The number of nitrogens with one attached hydrogen (secondary N) is 3. The van der Waals surface area contributed by atoms with E-state index in [1.54, 1.807) is 7.05 Å². The summed E-state index contributed by atoms with van der Waals surface area (Å²) in [5.41, 5.74) is 0.417. The second-order valence-electron chi connectivity index (χ2n) is 7.11. The van der Waals surface area contributed by atoms with Gasteiger partial charge in [-0.2, -0.15) is 0 Å². The average molecular weight is 377 g/mol. The van der Waals surface area contributed by atoms with E-state index in [0.29, 0.717) is 44.0 Å². The van der Waals surface area contributed by atoms with E-state index in [-0.39, 0.29) is 29.8 Å². The molecule has 9 nitrogen and oxygen atoms in total. The van der Waals surface area contributed by atoms with Crippen LogP contribution >= 0.6 is 0 Å². The van der Waals surface area contributed by atoms with Crippen LogP contribution < -0.4 is 16.0 Å². The molecular weight excluding hydrogens is 350 g/mol. The van der Waals surface area contributed by atoms with Gasteiger partial charge in [0.2, 0.25) is 11.9 Å². The maximum atomic E-state index is 12.4. The van der Waals surface area contributed by atoms with Crippen LogP contribution in [-0.4, -0.2) is 65.3 Å². The molecule has 3 rings (SSSR count). The molecule has 1 aromatic heterocycles. The van der Waals surface area contributed by atoms with E-state index < -0.39 is 6.10 Å². The number of hydrogen-bond acceptors (Lipinski definition) is 7. The molecule has 0 aromatic carbocycles. The van der Waals surface area contributed by atoms with E-state index in [2.05, 4.69) is 25.9 Å². The molecule has 1 aromatic rings. The fourth-order valence-electron chi connectivity index (χ4n) is 3.51. The first kappa shape index (κ1) is 19.5. The maximum Gasteiger partial charge on any atom is 0.254 e. The van der Waals surface area contributed by atoms with Crippen molar-refractivity contribution in [2.45, 2.75) is 50.3 Å². The zero-order valence-electron chi connectivity index (χ0n) is 15.5. The van der Waals surface area contributed by atoms with Crippen LogP contribution in [-0.2, 0) is 9.53 Å². The average Bonchev–Trinajstić information content (AvgIpc) is 2.70. The Morgan fingerprint density at radius 1 is 1.11 bits per heavy atom. The van der Waals surface area contributed by atoms with E-state index in [4.69, 9.17) is 4.74 Å². The van der Waals surface area contributed by atoms with Crippen molar-refractivity contribution in [3.05, 3.63) is 18.0 Å². The number of rotatable bonds is 5. The van der Waals surface area contributed by atoms with Gasteiger partial charge in [0.25, 0.3) is 5.91 Å². The van der Waals surface area contributed by atoms with Crippen LogP contribution in [0.4, 0.5) is 5.95 Å². The summed E-state index contributed by atoms with van der Waals surface area (Å²) in [6.07, 6.45) is 5.87. The molecule has 2 fully saturated rings. The molecule has 148 valence electrons. The number of hydrogen-bond donors (Lipinski definition) is 4. The van der Waals surface area contributed by atoms with Crippen LogP contribution in [0.3, 0.4) is 0 Å². The summed E-state index contributed by atoms with van der Waals surface area (Å²) in [6, 6.07) is -0.293. The molecule has 4 N–H and O–H groups in total. The molecule has 2 amide bonds. The molecule has 0 bridgehead atoms. The zero-order chi connectivity index (χ0) is 19.2. The van der Waals surface area contributed by atoms with E-state index in [1.165, 1.54) is 12.4 Å². The van der Waals surface area contributed by atoms with E-state index >= 15 is 0 Å². The van der Waals surface area contributed by atoms with Crippen molar-refractivity contribution in [2.24, 2.45) is 5.92 Å². The Labute approximate surface area is 158 Å². The number of ether oxygens (including phenoxy) is 1. The lowest BCUT2D eigenvalue weighted by Gasteiger charge is -2.32. The third-order valence-corrected chi connectivity index (χ3v) is 5.22. The lowest BCUT2D eigenvalue weighted by atomic mass is 9.85. The van der Waals surface area contributed by atoms with Gasteiger partial charge >= 0.3 is 0 Å². The molecule has 1 saturated carbocycles. The fraction of sp³-hybridized carbons (Fsp3) is 0.667. The lowest BCUT2D eigenvalue weighted by Crippen LogP contribution is -2.51. The Bertz CT molecular complexity index is 646. The Hall–Kier alpha value is -2.26. The van der Waals surface area contributed by atoms with Gasteiger partial charge in [-0.15, -0.1) is 0 Å². The number of aromatic nitrogens is 2. The number of carbonyl (C=O) groups is 2. The summed E-state index contributed by atoms with van der Waals surface area (Å²) < 4.78 is 5.32. The molecule has 27 heavy (non-hydrogen) atoms. The predicted octanol–water partition coefficient (Wildman–Crippen LogP) is 0.0729. The highest BCUT2D eigenvalue weighted by Crippen LogP contribution is 2.25. The normalized spacial score (nSPS) is 28.2. The topological polar surface area (TPSA) is 125 Å². The number of aliphatic hydroxyl groups excluding tert-OH is 1. The van der Waals surface area contributed by atoms with Crippen LogP contribution in [0.25, 0.3) is 0 Å². The van der Waals surface area contributed by atoms with E-state index in [0.717, 1.165) is 12.8 Å². The number of nitrogens with zero attached hydrogens (tertiary/aromatic N) is 2. The summed E-state index contributed by atoms with van der Waals surface area (Å²) >= 11 is 0. The van der Waals surface area contributed by atoms with Crippen molar-refractivity contribution in [3.63, 3.8) is 0 Å². The van der Waals surface area contributed by atoms with Gasteiger partial charge in [-0.05, 0) is 32.1 Å². The first-order valence-electron chi connectivity index (χ1n) is 9.43. The number of carbonyl (C=O) groups excluding carboxylic acids is 2. The molecule has 1 aliphatic carbocycles. The largest absolute Gasteiger partial charge is 0.391 e. The van der Waals surface area contributed by atoms with Crippen LogP contribution in [0.1, 0.15) is 42.5 Å². The third kappa shape index (κ3) is 5.14. The number of amides is 2. The minimum absolute atomic E-state index is 0.0362. The Morgan fingerprint density at radius 3 is 2.44 bits per heavy atom. The fourth-order valence-corrected chi connectivity index (χ4v) is 3.51. The number of aliphatic hydroxyl groups is 1. The second-order valence-corrected chi connectivity index (χ2v) is 7.11. The zero-order valence-corrected chi connectivity index (χ0v) is 15.5. The Balaban J connectivity index is 1.44. The molecule has 0 radical (unpaired) electrons. The predicted molar refractivity (Wildman–Crippen MR) is 98.2 cm³/mol. The molecule has 9 heteroatoms. The highest BCUT2D eigenvalue weighted by atomic mass is 16.5. The third-order valence-electron chi connectivity index (χ3n) is 5.22. The van der Waals surface area contributed by atoms with Crippen LogP contribution in [0.5, 0.6) is 0 Å².